The van der Waals surface area contributed by atoms with Crippen LogP contribution in [0.5, 0.6) is 0 Å². The SMILES string of the molecule is CN=C/C(=C\N)c1ccc2cnn(-c3ccnc(N4CC(F)(F)C4)c3)c2c1. The summed E-state index contributed by atoms with van der Waals surface area (Å²) in [5.74, 6) is -2.13. The van der Waals surface area contributed by atoms with Crippen LogP contribution in [0.4, 0.5) is 14.6 Å². The van der Waals surface area contributed by atoms with Crippen molar-refractivity contribution in [2.75, 3.05) is 25.0 Å². The number of aromatic nitrogens is 3. The molecule has 0 atom stereocenters. The molecule has 0 unspecified atom stereocenters. The van der Waals surface area contributed by atoms with E-state index in [2.05, 4.69) is 15.1 Å². The van der Waals surface area contributed by atoms with E-state index in [1.807, 2.05) is 18.2 Å². The van der Waals surface area contributed by atoms with Gasteiger partial charge in [-0.2, -0.15) is 5.10 Å². The van der Waals surface area contributed by atoms with Gasteiger partial charge in [-0.1, -0.05) is 12.1 Å². The maximum Gasteiger partial charge on any atom is 0.282 e. The number of allylic oxidation sites excluding steroid dienone is 1. The van der Waals surface area contributed by atoms with Crippen LogP contribution in [-0.2, 0) is 0 Å². The van der Waals surface area contributed by atoms with E-state index < -0.39 is 5.92 Å². The minimum Gasteiger partial charge on any atom is -0.404 e. The van der Waals surface area contributed by atoms with Gasteiger partial charge in [-0.15, -0.1) is 0 Å². The van der Waals surface area contributed by atoms with Crippen LogP contribution in [0, 0.1) is 0 Å². The second-order valence-electron chi connectivity index (χ2n) is 6.42. The summed E-state index contributed by atoms with van der Waals surface area (Å²) in [5.41, 5.74) is 9.04. The molecule has 1 saturated heterocycles. The normalized spacial score (nSPS) is 16.9. The Kier molecular flexibility index (Phi) is 4.10. The van der Waals surface area contributed by atoms with Crippen molar-refractivity contribution in [1.82, 2.24) is 14.8 Å². The molecule has 0 bridgehead atoms. The number of rotatable bonds is 4. The van der Waals surface area contributed by atoms with Crippen LogP contribution in [0.15, 0.2) is 53.9 Å². The Morgan fingerprint density at radius 1 is 1.26 bits per heavy atom. The predicted molar refractivity (Wildman–Crippen MR) is 103 cm³/mol. The highest BCUT2D eigenvalue weighted by Crippen LogP contribution is 2.31. The average molecular weight is 368 g/mol. The van der Waals surface area contributed by atoms with Gasteiger partial charge in [0.1, 0.15) is 5.82 Å². The van der Waals surface area contributed by atoms with Gasteiger partial charge in [0.25, 0.3) is 5.92 Å². The molecule has 1 fully saturated rings. The molecule has 0 spiro atoms. The molecule has 1 aromatic carbocycles. The van der Waals surface area contributed by atoms with Crippen molar-refractivity contribution in [1.29, 1.82) is 0 Å². The maximum atomic E-state index is 13.2. The minimum absolute atomic E-state index is 0.311. The summed E-state index contributed by atoms with van der Waals surface area (Å²) in [6.45, 7) is -0.622. The Bertz CT molecular complexity index is 1050. The van der Waals surface area contributed by atoms with E-state index in [1.54, 1.807) is 47.4 Å². The molecule has 4 rings (SSSR count). The molecule has 0 radical (unpaired) electrons. The largest absolute Gasteiger partial charge is 0.404 e. The second-order valence-corrected chi connectivity index (χ2v) is 6.42. The molecule has 6 nitrogen and oxygen atoms in total. The fourth-order valence-electron chi connectivity index (χ4n) is 3.14. The Labute approximate surface area is 154 Å². The van der Waals surface area contributed by atoms with Gasteiger partial charge in [0.2, 0.25) is 0 Å². The van der Waals surface area contributed by atoms with Crippen LogP contribution in [-0.4, -0.2) is 47.0 Å². The highest BCUT2D eigenvalue weighted by molar-refractivity contribution is 6.10. The van der Waals surface area contributed by atoms with Crippen LogP contribution in [0.25, 0.3) is 22.2 Å². The lowest BCUT2D eigenvalue weighted by atomic mass is 10.1. The summed E-state index contributed by atoms with van der Waals surface area (Å²) in [6.07, 6.45) is 6.56. The zero-order chi connectivity index (χ0) is 19.0. The molecule has 0 saturated carbocycles. The number of aliphatic imine (C=N–C) groups is 1. The highest BCUT2D eigenvalue weighted by atomic mass is 19.3. The molecule has 3 heterocycles. The van der Waals surface area contributed by atoms with E-state index in [0.29, 0.717) is 5.82 Å². The van der Waals surface area contributed by atoms with E-state index in [1.165, 1.54) is 6.20 Å². The Hall–Kier alpha value is -3.29. The molecular weight excluding hydrogens is 350 g/mol. The average Bonchev–Trinajstić information content (AvgIpc) is 3.07. The first-order chi connectivity index (χ1) is 13.0. The lowest BCUT2D eigenvalue weighted by Crippen LogP contribution is -2.56. The summed E-state index contributed by atoms with van der Waals surface area (Å²) in [7, 11) is 1.68. The van der Waals surface area contributed by atoms with Crippen molar-refractivity contribution in [3.63, 3.8) is 0 Å². The Morgan fingerprint density at radius 3 is 2.78 bits per heavy atom. The smallest absolute Gasteiger partial charge is 0.282 e. The number of fused-ring (bicyclic) bond motifs is 1. The van der Waals surface area contributed by atoms with Crippen LogP contribution in [0.2, 0.25) is 0 Å². The third kappa shape index (κ3) is 3.14. The van der Waals surface area contributed by atoms with E-state index in [9.17, 15) is 8.78 Å². The maximum absolute atomic E-state index is 13.2. The lowest BCUT2D eigenvalue weighted by Gasteiger charge is -2.39. The molecule has 0 amide bonds. The molecule has 1 aliphatic rings. The van der Waals surface area contributed by atoms with Gasteiger partial charge in [-0.3, -0.25) is 4.99 Å². The lowest BCUT2D eigenvalue weighted by molar-refractivity contribution is -0.0267. The molecular formula is C19H18F2N6. The van der Waals surface area contributed by atoms with Gasteiger partial charge in [0.05, 0.1) is 30.5 Å². The van der Waals surface area contributed by atoms with E-state index >= 15 is 0 Å². The fraction of sp³-hybridized carbons (Fsp3) is 0.211. The number of benzene rings is 1. The zero-order valence-electron chi connectivity index (χ0n) is 14.7. The molecule has 1 aliphatic heterocycles. The van der Waals surface area contributed by atoms with Crippen molar-refractivity contribution in [3.8, 4) is 5.69 Å². The summed E-state index contributed by atoms with van der Waals surface area (Å²) in [6, 6.07) is 9.45. The van der Waals surface area contributed by atoms with Crippen LogP contribution in [0.1, 0.15) is 5.56 Å². The van der Waals surface area contributed by atoms with Gasteiger partial charge in [-0.25, -0.2) is 18.4 Å². The molecule has 3 aromatic rings. The molecule has 2 N–H and O–H groups in total. The van der Waals surface area contributed by atoms with Crippen molar-refractivity contribution in [2.24, 2.45) is 10.7 Å². The number of hydrogen-bond donors (Lipinski definition) is 1. The summed E-state index contributed by atoms with van der Waals surface area (Å²) >= 11 is 0. The summed E-state index contributed by atoms with van der Waals surface area (Å²) in [5, 5.41) is 5.40. The number of pyridine rings is 1. The molecule has 0 aliphatic carbocycles. The molecule has 27 heavy (non-hydrogen) atoms. The van der Waals surface area contributed by atoms with Gasteiger partial charge in [0, 0.05) is 42.7 Å². The topological polar surface area (TPSA) is 72.3 Å². The standard InChI is InChI=1S/C19H18F2N6/c1-23-9-15(8-22)13-2-3-14-10-25-27(17(14)6-13)16-4-5-24-18(7-16)26-11-19(20,21)12-26/h2-10H,11-12,22H2,1H3/b15-8+,23-9?. The Morgan fingerprint density at radius 2 is 2.07 bits per heavy atom. The molecule has 2 aromatic heterocycles. The van der Waals surface area contributed by atoms with Crippen LogP contribution in [0.3, 0.4) is 0 Å². The monoisotopic (exact) mass is 368 g/mol. The third-order valence-electron chi connectivity index (χ3n) is 4.49. The van der Waals surface area contributed by atoms with Gasteiger partial charge >= 0.3 is 0 Å². The highest BCUT2D eigenvalue weighted by Gasteiger charge is 2.44. The quantitative estimate of drug-likeness (QED) is 0.719. The first-order valence-electron chi connectivity index (χ1n) is 8.42. The van der Waals surface area contributed by atoms with E-state index in [-0.39, 0.29) is 13.1 Å². The van der Waals surface area contributed by atoms with Crippen LogP contribution >= 0.6 is 0 Å². The number of alkyl halides is 2. The number of anilines is 1. The number of nitrogens with zero attached hydrogens (tertiary/aromatic N) is 5. The Balaban J connectivity index is 1.74. The van der Waals surface area contributed by atoms with Crippen molar-refractivity contribution >= 4 is 28.5 Å². The third-order valence-corrected chi connectivity index (χ3v) is 4.49. The van der Waals surface area contributed by atoms with E-state index in [4.69, 9.17) is 5.73 Å². The summed E-state index contributed by atoms with van der Waals surface area (Å²) in [4.78, 5) is 9.78. The van der Waals surface area contributed by atoms with Crippen molar-refractivity contribution in [3.05, 3.63) is 54.5 Å². The van der Waals surface area contributed by atoms with Gasteiger partial charge < -0.3 is 10.6 Å². The number of hydrogen-bond acceptors (Lipinski definition) is 5. The second kappa shape index (κ2) is 6.46. The van der Waals surface area contributed by atoms with E-state index in [0.717, 1.165) is 27.7 Å². The van der Waals surface area contributed by atoms with Crippen molar-refractivity contribution in [2.45, 2.75) is 5.92 Å². The summed E-state index contributed by atoms with van der Waals surface area (Å²) < 4.78 is 28.1. The minimum atomic E-state index is -2.64. The first kappa shape index (κ1) is 17.1. The fourth-order valence-corrected chi connectivity index (χ4v) is 3.14. The van der Waals surface area contributed by atoms with Crippen molar-refractivity contribution < 1.29 is 8.78 Å². The van der Waals surface area contributed by atoms with Gasteiger partial charge in [-0.05, 0) is 17.7 Å². The van der Waals surface area contributed by atoms with Gasteiger partial charge in [0.15, 0.2) is 0 Å². The predicted octanol–water partition coefficient (Wildman–Crippen LogP) is 2.88. The molecule has 138 valence electrons. The number of nitrogens with two attached hydrogens (primary N) is 1. The molecule has 8 heteroatoms. The number of halogens is 2. The zero-order valence-corrected chi connectivity index (χ0v) is 14.7. The van der Waals surface area contributed by atoms with Crippen LogP contribution < -0.4 is 10.6 Å². The first-order valence-corrected chi connectivity index (χ1v) is 8.42.